The zero-order valence-corrected chi connectivity index (χ0v) is 14.7. The van der Waals surface area contributed by atoms with Crippen molar-refractivity contribution in [3.05, 3.63) is 57.1 Å². The van der Waals surface area contributed by atoms with Gasteiger partial charge in [0.15, 0.2) is 0 Å². The number of nitro benzene ring substituents is 1. The normalized spacial score (nSPS) is 11.5. The Morgan fingerprint density at radius 1 is 1.25 bits per heavy atom. The molecule has 0 aliphatic carbocycles. The first-order valence-electron chi connectivity index (χ1n) is 7.06. The number of carbonyl (C=O) groups excluding carboxylic acids is 1. The summed E-state index contributed by atoms with van der Waals surface area (Å²) >= 11 is 3.35. The molecule has 24 heavy (non-hydrogen) atoms. The van der Waals surface area contributed by atoms with Crippen LogP contribution >= 0.6 is 15.9 Å². The molecule has 0 saturated carbocycles. The fraction of sp³-hybridized carbons (Fsp3) is 0.188. The van der Waals surface area contributed by atoms with Crippen molar-refractivity contribution in [2.24, 2.45) is 0 Å². The number of benzene rings is 2. The van der Waals surface area contributed by atoms with Crippen LogP contribution in [0.4, 0.5) is 17.1 Å². The molecule has 0 unspecified atom stereocenters. The molecule has 1 atom stereocenters. The quantitative estimate of drug-likeness (QED) is 0.574. The van der Waals surface area contributed by atoms with Crippen molar-refractivity contribution in [2.45, 2.75) is 13.0 Å². The molecule has 2 N–H and O–H groups in total. The molecule has 0 heterocycles. The molecule has 8 heteroatoms. The number of ether oxygens (including phenoxy) is 1. The molecule has 2 rings (SSSR count). The number of carbonyl (C=O) groups is 1. The predicted molar refractivity (Wildman–Crippen MR) is 95.5 cm³/mol. The van der Waals surface area contributed by atoms with Gasteiger partial charge in [0.25, 0.3) is 5.69 Å². The van der Waals surface area contributed by atoms with E-state index in [1.54, 1.807) is 6.92 Å². The highest BCUT2D eigenvalue weighted by Gasteiger charge is 2.17. The van der Waals surface area contributed by atoms with Crippen molar-refractivity contribution in [1.82, 2.24) is 0 Å². The fourth-order valence-electron chi connectivity index (χ4n) is 2.00. The second-order valence-electron chi connectivity index (χ2n) is 5.00. The molecule has 0 aliphatic heterocycles. The highest BCUT2D eigenvalue weighted by Crippen LogP contribution is 2.29. The zero-order valence-electron chi connectivity index (χ0n) is 13.1. The minimum absolute atomic E-state index is 0.106. The molecule has 0 saturated heterocycles. The van der Waals surface area contributed by atoms with E-state index in [4.69, 9.17) is 4.74 Å². The van der Waals surface area contributed by atoms with Crippen molar-refractivity contribution >= 4 is 38.9 Å². The first-order valence-corrected chi connectivity index (χ1v) is 7.85. The van der Waals surface area contributed by atoms with Crippen LogP contribution in [0.25, 0.3) is 0 Å². The molecule has 126 valence electrons. The van der Waals surface area contributed by atoms with Crippen LogP contribution in [0, 0.1) is 10.1 Å². The van der Waals surface area contributed by atoms with Gasteiger partial charge in [-0.3, -0.25) is 14.9 Å². The summed E-state index contributed by atoms with van der Waals surface area (Å²) in [6, 6.07) is 10.9. The van der Waals surface area contributed by atoms with Crippen LogP contribution in [0.5, 0.6) is 5.75 Å². The molecule has 0 aromatic heterocycles. The van der Waals surface area contributed by atoms with Gasteiger partial charge in [-0.2, -0.15) is 0 Å². The Balaban J connectivity index is 2.08. The number of anilines is 2. The van der Waals surface area contributed by atoms with Gasteiger partial charge in [0.1, 0.15) is 11.8 Å². The fourth-order valence-corrected chi connectivity index (χ4v) is 2.26. The van der Waals surface area contributed by atoms with E-state index < -0.39 is 11.0 Å². The van der Waals surface area contributed by atoms with Gasteiger partial charge in [0.2, 0.25) is 5.91 Å². The van der Waals surface area contributed by atoms with Crippen LogP contribution in [0.2, 0.25) is 0 Å². The Morgan fingerprint density at radius 3 is 2.50 bits per heavy atom. The molecule has 0 bridgehead atoms. The van der Waals surface area contributed by atoms with Gasteiger partial charge in [-0.15, -0.1) is 0 Å². The van der Waals surface area contributed by atoms with E-state index in [1.165, 1.54) is 25.3 Å². The van der Waals surface area contributed by atoms with E-state index in [1.807, 2.05) is 24.3 Å². The predicted octanol–water partition coefficient (Wildman–Crippen LogP) is 3.81. The standard InChI is InChI=1S/C16H16BrN3O4/c1-10(18-12-5-3-11(17)4-6-12)16(21)19-14-8-7-13(20(22)23)9-15(14)24-2/h3-10,18H,1-2H3,(H,19,21)/t10-/m1/s1. The summed E-state index contributed by atoms with van der Waals surface area (Å²) in [7, 11) is 1.39. The van der Waals surface area contributed by atoms with Crippen LogP contribution in [0.3, 0.4) is 0 Å². The first kappa shape index (κ1) is 17.7. The Kier molecular flexibility index (Phi) is 5.75. The number of amides is 1. The third-order valence-corrected chi connectivity index (χ3v) is 3.80. The maximum absolute atomic E-state index is 12.3. The molecule has 2 aromatic carbocycles. The second-order valence-corrected chi connectivity index (χ2v) is 5.92. The molecule has 7 nitrogen and oxygen atoms in total. The summed E-state index contributed by atoms with van der Waals surface area (Å²) in [6.45, 7) is 1.72. The van der Waals surface area contributed by atoms with Crippen LogP contribution in [-0.4, -0.2) is 24.0 Å². The zero-order chi connectivity index (χ0) is 17.7. The lowest BCUT2D eigenvalue weighted by Gasteiger charge is -2.16. The number of methoxy groups -OCH3 is 1. The van der Waals surface area contributed by atoms with E-state index in [9.17, 15) is 14.9 Å². The third kappa shape index (κ3) is 4.45. The van der Waals surface area contributed by atoms with Gasteiger partial charge < -0.3 is 15.4 Å². The van der Waals surface area contributed by atoms with Crippen LogP contribution in [0.15, 0.2) is 46.9 Å². The van der Waals surface area contributed by atoms with Crippen molar-refractivity contribution in [1.29, 1.82) is 0 Å². The SMILES string of the molecule is COc1cc([N+](=O)[O-])ccc1NC(=O)[C@@H](C)Nc1ccc(Br)cc1. The molecule has 1 amide bonds. The summed E-state index contributed by atoms with van der Waals surface area (Å²) in [5, 5.41) is 16.6. The average molecular weight is 394 g/mol. The summed E-state index contributed by atoms with van der Waals surface area (Å²) in [6.07, 6.45) is 0. The van der Waals surface area contributed by atoms with Gasteiger partial charge in [0, 0.05) is 16.2 Å². The number of nitrogens with one attached hydrogen (secondary N) is 2. The summed E-state index contributed by atoms with van der Waals surface area (Å²) in [5.41, 5.74) is 1.07. The van der Waals surface area contributed by atoms with Crippen molar-refractivity contribution in [3.8, 4) is 5.75 Å². The number of non-ortho nitro benzene ring substituents is 1. The average Bonchev–Trinajstić information content (AvgIpc) is 2.56. The highest BCUT2D eigenvalue weighted by atomic mass is 79.9. The highest BCUT2D eigenvalue weighted by molar-refractivity contribution is 9.10. The number of hydrogen-bond donors (Lipinski definition) is 2. The number of hydrogen-bond acceptors (Lipinski definition) is 5. The van der Waals surface area contributed by atoms with Gasteiger partial charge in [-0.1, -0.05) is 15.9 Å². The monoisotopic (exact) mass is 393 g/mol. The Bertz CT molecular complexity index is 749. The smallest absolute Gasteiger partial charge is 0.273 e. The lowest BCUT2D eigenvalue weighted by molar-refractivity contribution is -0.384. The lowest BCUT2D eigenvalue weighted by Crippen LogP contribution is -2.32. The maximum atomic E-state index is 12.3. The Hall–Kier alpha value is -2.61. The van der Waals surface area contributed by atoms with E-state index in [0.717, 1.165) is 10.2 Å². The Morgan fingerprint density at radius 2 is 1.92 bits per heavy atom. The number of halogens is 1. The van der Waals surface area contributed by atoms with E-state index in [0.29, 0.717) is 5.69 Å². The maximum Gasteiger partial charge on any atom is 0.273 e. The molecule has 0 spiro atoms. The molecule has 0 fully saturated rings. The second kappa shape index (κ2) is 7.78. The lowest BCUT2D eigenvalue weighted by atomic mass is 10.2. The number of nitrogens with zero attached hydrogens (tertiary/aromatic N) is 1. The van der Waals surface area contributed by atoms with Gasteiger partial charge in [0.05, 0.1) is 23.8 Å². The molecular weight excluding hydrogens is 378 g/mol. The van der Waals surface area contributed by atoms with Crippen molar-refractivity contribution in [2.75, 3.05) is 17.7 Å². The minimum atomic E-state index is -0.522. The molecule has 2 aromatic rings. The van der Waals surface area contributed by atoms with E-state index in [2.05, 4.69) is 26.6 Å². The van der Waals surface area contributed by atoms with Crippen LogP contribution in [0.1, 0.15) is 6.92 Å². The van der Waals surface area contributed by atoms with Crippen molar-refractivity contribution < 1.29 is 14.5 Å². The van der Waals surface area contributed by atoms with Gasteiger partial charge >= 0.3 is 0 Å². The topological polar surface area (TPSA) is 93.5 Å². The van der Waals surface area contributed by atoms with Gasteiger partial charge in [-0.05, 0) is 37.3 Å². The van der Waals surface area contributed by atoms with E-state index >= 15 is 0 Å². The third-order valence-electron chi connectivity index (χ3n) is 3.27. The number of rotatable bonds is 6. The number of nitro groups is 1. The van der Waals surface area contributed by atoms with Crippen LogP contribution < -0.4 is 15.4 Å². The largest absolute Gasteiger partial charge is 0.494 e. The first-order chi connectivity index (χ1) is 11.4. The summed E-state index contributed by atoms with van der Waals surface area (Å²) in [4.78, 5) is 22.6. The minimum Gasteiger partial charge on any atom is -0.494 e. The molecule has 0 aliphatic rings. The van der Waals surface area contributed by atoms with Crippen molar-refractivity contribution in [3.63, 3.8) is 0 Å². The van der Waals surface area contributed by atoms with Crippen LogP contribution in [-0.2, 0) is 4.79 Å². The Labute approximate surface area is 147 Å². The molecule has 0 radical (unpaired) electrons. The summed E-state index contributed by atoms with van der Waals surface area (Å²) < 4.78 is 6.05. The van der Waals surface area contributed by atoms with Gasteiger partial charge in [-0.25, -0.2) is 0 Å². The van der Waals surface area contributed by atoms with E-state index in [-0.39, 0.29) is 17.3 Å². The summed E-state index contributed by atoms with van der Waals surface area (Å²) in [5.74, 6) is -0.0570. The molecular formula is C16H16BrN3O4.